The number of hydrogen-bond acceptors (Lipinski definition) is 1. The van der Waals surface area contributed by atoms with E-state index in [1.165, 1.54) is 0 Å². The molecule has 0 fully saturated rings. The van der Waals surface area contributed by atoms with Crippen LogP contribution in [0, 0.1) is 0 Å². The lowest BCUT2D eigenvalue weighted by Crippen LogP contribution is -2.43. The first-order valence-corrected chi connectivity index (χ1v) is 6.03. The molecule has 0 aliphatic carbocycles. The van der Waals surface area contributed by atoms with Gasteiger partial charge in [-0.3, -0.25) is 4.79 Å². The van der Waals surface area contributed by atoms with Gasteiger partial charge in [0.1, 0.15) is 0 Å². The number of carbonyl (C=O) groups is 1. The Balaban J connectivity index is 2.51. The summed E-state index contributed by atoms with van der Waals surface area (Å²) in [7, 11) is 0. The highest BCUT2D eigenvalue weighted by Gasteiger charge is 2.29. The fraction of sp³-hybridized carbons (Fsp3) is 0.188. The first-order chi connectivity index (χ1) is 8.63. The maximum Gasteiger partial charge on any atom is 0.217 e. The fourth-order valence-electron chi connectivity index (χ4n) is 2.21. The van der Waals surface area contributed by atoms with Gasteiger partial charge in [-0.05, 0) is 18.1 Å². The monoisotopic (exact) mass is 239 g/mol. The molecule has 2 nitrogen and oxygen atoms in total. The molecule has 0 radical (unpaired) electrons. The van der Waals surface area contributed by atoms with Crippen LogP contribution in [0.15, 0.2) is 60.7 Å². The van der Waals surface area contributed by atoms with Crippen LogP contribution in [0.4, 0.5) is 0 Å². The molecule has 2 heteroatoms. The summed E-state index contributed by atoms with van der Waals surface area (Å²) in [6.07, 6.45) is 0. The molecule has 0 aromatic heterocycles. The minimum absolute atomic E-state index is 0.0368. The Bertz CT molecular complexity index is 480. The van der Waals surface area contributed by atoms with Gasteiger partial charge in [-0.25, -0.2) is 0 Å². The van der Waals surface area contributed by atoms with Crippen molar-refractivity contribution in [1.82, 2.24) is 5.32 Å². The van der Waals surface area contributed by atoms with Gasteiger partial charge in [-0.1, -0.05) is 60.7 Å². The number of benzene rings is 2. The molecule has 0 unspecified atom stereocenters. The predicted octanol–water partition coefficient (Wildman–Crippen LogP) is 3.09. The van der Waals surface area contributed by atoms with Crippen LogP contribution in [0.25, 0.3) is 0 Å². The molecule has 18 heavy (non-hydrogen) atoms. The average molecular weight is 239 g/mol. The molecule has 1 amide bonds. The maximum absolute atomic E-state index is 11.5. The zero-order valence-corrected chi connectivity index (χ0v) is 10.7. The van der Waals surface area contributed by atoms with E-state index in [9.17, 15) is 4.79 Å². The van der Waals surface area contributed by atoms with Crippen molar-refractivity contribution in [3.63, 3.8) is 0 Å². The number of hydrogen-bond donors (Lipinski definition) is 1. The van der Waals surface area contributed by atoms with Crippen molar-refractivity contribution in [2.24, 2.45) is 0 Å². The van der Waals surface area contributed by atoms with E-state index in [1.807, 2.05) is 67.6 Å². The Morgan fingerprint density at radius 1 is 0.889 bits per heavy atom. The molecule has 0 spiro atoms. The molecule has 0 saturated carbocycles. The van der Waals surface area contributed by atoms with E-state index in [1.54, 1.807) is 6.92 Å². The largest absolute Gasteiger partial charge is 0.343 e. The Morgan fingerprint density at radius 2 is 1.28 bits per heavy atom. The molecule has 0 saturated heterocycles. The van der Waals surface area contributed by atoms with Gasteiger partial charge in [0, 0.05) is 6.92 Å². The van der Waals surface area contributed by atoms with Crippen LogP contribution >= 0.6 is 0 Å². The molecule has 0 heterocycles. The highest BCUT2D eigenvalue weighted by molar-refractivity contribution is 5.75. The third-order valence-electron chi connectivity index (χ3n) is 3.13. The van der Waals surface area contributed by atoms with Gasteiger partial charge >= 0.3 is 0 Å². The normalized spacial score (nSPS) is 11.0. The van der Waals surface area contributed by atoms with E-state index in [2.05, 4.69) is 5.32 Å². The molecule has 92 valence electrons. The van der Waals surface area contributed by atoms with Gasteiger partial charge in [0.25, 0.3) is 0 Å². The fourth-order valence-corrected chi connectivity index (χ4v) is 2.21. The predicted molar refractivity (Wildman–Crippen MR) is 73.2 cm³/mol. The van der Waals surface area contributed by atoms with Gasteiger partial charge < -0.3 is 5.32 Å². The minimum Gasteiger partial charge on any atom is -0.343 e. The van der Waals surface area contributed by atoms with Crippen LogP contribution in [0.2, 0.25) is 0 Å². The van der Waals surface area contributed by atoms with Crippen molar-refractivity contribution in [2.45, 2.75) is 19.4 Å². The summed E-state index contributed by atoms with van der Waals surface area (Å²) in [4.78, 5) is 11.5. The van der Waals surface area contributed by atoms with Crippen LogP contribution in [-0.4, -0.2) is 5.91 Å². The van der Waals surface area contributed by atoms with E-state index in [0.29, 0.717) is 0 Å². The summed E-state index contributed by atoms with van der Waals surface area (Å²) in [5, 5.41) is 3.05. The second-order valence-electron chi connectivity index (χ2n) is 4.54. The summed E-state index contributed by atoms with van der Waals surface area (Å²) in [5.41, 5.74) is 1.66. The highest BCUT2D eigenvalue weighted by atomic mass is 16.1. The molecule has 2 aromatic carbocycles. The standard InChI is InChI=1S/C16H17NO/c1-13(18)17-16(2,14-9-5-3-6-10-14)15-11-7-4-8-12-15/h3-12H,1-2H3,(H,17,18). The third kappa shape index (κ3) is 2.43. The highest BCUT2D eigenvalue weighted by Crippen LogP contribution is 2.28. The van der Waals surface area contributed by atoms with Crippen LogP contribution in [-0.2, 0) is 10.3 Å². The van der Waals surface area contributed by atoms with Crippen molar-refractivity contribution >= 4 is 5.91 Å². The van der Waals surface area contributed by atoms with Crippen molar-refractivity contribution in [2.75, 3.05) is 0 Å². The maximum atomic E-state index is 11.5. The van der Waals surface area contributed by atoms with E-state index in [-0.39, 0.29) is 5.91 Å². The zero-order chi connectivity index (χ0) is 13.0. The van der Waals surface area contributed by atoms with Crippen LogP contribution in [0.1, 0.15) is 25.0 Å². The molecule has 0 bridgehead atoms. The Hall–Kier alpha value is -2.09. The lowest BCUT2D eigenvalue weighted by molar-refractivity contribution is -0.120. The van der Waals surface area contributed by atoms with Crippen molar-refractivity contribution in [3.8, 4) is 0 Å². The summed E-state index contributed by atoms with van der Waals surface area (Å²) in [6.45, 7) is 3.57. The number of carbonyl (C=O) groups excluding carboxylic acids is 1. The smallest absolute Gasteiger partial charge is 0.217 e. The second-order valence-corrected chi connectivity index (χ2v) is 4.54. The summed E-state index contributed by atoms with van der Waals surface area (Å²) < 4.78 is 0. The lowest BCUT2D eigenvalue weighted by atomic mass is 9.84. The molecular weight excluding hydrogens is 222 g/mol. The summed E-state index contributed by atoms with van der Waals surface area (Å²) in [5.74, 6) is -0.0368. The first kappa shape index (κ1) is 12.4. The molecule has 2 aromatic rings. The Morgan fingerprint density at radius 3 is 1.61 bits per heavy atom. The van der Waals surface area contributed by atoms with E-state index in [4.69, 9.17) is 0 Å². The average Bonchev–Trinajstić information content (AvgIpc) is 2.40. The first-order valence-electron chi connectivity index (χ1n) is 6.03. The second kappa shape index (κ2) is 5.05. The molecule has 0 aliphatic rings. The number of rotatable bonds is 3. The summed E-state index contributed by atoms with van der Waals surface area (Å²) >= 11 is 0. The van der Waals surface area contributed by atoms with Crippen molar-refractivity contribution in [3.05, 3.63) is 71.8 Å². The van der Waals surface area contributed by atoms with Gasteiger partial charge in [0.05, 0.1) is 5.54 Å². The SMILES string of the molecule is CC(=O)NC(C)(c1ccccc1)c1ccccc1. The van der Waals surface area contributed by atoms with Crippen molar-refractivity contribution < 1.29 is 4.79 Å². The molecular formula is C16H17NO. The lowest BCUT2D eigenvalue weighted by Gasteiger charge is -2.31. The summed E-state index contributed by atoms with van der Waals surface area (Å²) in [6, 6.07) is 20.0. The topological polar surface area (TPSA) is 29.1 Å². The van der Waals surface area contributed by atoms with Crippen LogP contribution in [0.3, 0.4) is 0 Å². The molecule has 0 aliphatic heterocycles. The van der Waals surface area contributed by atoms with Gasteiger partial charge in [0.2, 0.25) is 5.91 Å². The third-order valence-corrected chi connectivity index (χ3v) is 3.13. The quantitative estimate of drug-likeness (QED) is 0.876. The van der Waals surface area contributed by atoms with Gasteiger partial charge in [-0.15, -0.1) is 0 Å². The van der Waals surface area contributed by atoms with Crippen LogP contribution < -0.4 is 5.32 Å². The zero-order valence-electron chi connectivity index (χ0n) is 10.7. The van der Waals surface area contributed by atoms with Gasteiger partial charge in [0.15, 0.2) is 0 Å². The Kier molecular flexibility index (Phi) is 3.47. The molecule has 0 atom stereocenters. The molecule has 2 rings (SSSR count). The van der Waals surface area contributed by atoms with E-state index < -0.39 is 5.54 Å². The van der Waals surface area contributed by atoms with Crippen LogP contribution in [0.5, 0.6) is 0 Å². The van der Waals surface area contributed by atoms with E-state index >= 15 is 0 Å². The van der Waals surface area contributed by atoms with E-state index in [0.717, 1.165) is 11.1 Å². The minimum atomic E-state index is -0.492. The number of amides is 1. The van der Waals surface area contributed by atoms with Gasteiger partial charge in [-0.2, -0.15) is 0 Å². The van der Waals surface area contributed by atoms with Crippen molar-refractivity contribution in [1.29, 1.82) is 0 Å². The number of nitrogens with one attached hydrogen (secondary N) is 1. The Labute approximate surface area is 108 Å². The molecule has 1 N–H and O–H groups in total.